The monoisotopic (exact) mass is 370 g/mol. The van der Waals surface area contributed by atoms with Crippen LogP contribution in [0.5, 0.6) is 5.75 Å². The molecule has 0 bridgehead atoms. The van der Waals surface area contributed by atoms with E-state index in [4.69, 9.17) is 0 Å². The first kappa shape index (κ1) is 19.8. The number of nitrogens with zero attached hydrogens (tertiary/aromatic N) is 1. The average Bonchev–Trinajstić information content (AvgIpc) is 2.68. The molecule has 1 aliphatic heterocycles. The van der Waals surface area contributed by atoms with Crippen molar-refractivity contribution in [3.05, 3.63) is 29.8 Å². The maximum atomic E-state index is 12.5. The van der Waals surface area contributed by atoms with Crippen molar-refractivity contribution < 1.29 is 36.3 Å². The molecule has 0 N–H and O–H groups in total. The van der Waals surface area contributed by atoms with Gasteiger partial charge in [-0.2, -0.15) is 26.3 Å². The Balaban J connectivity index is 2.23. The van der Waals surface area contributed by atoms with Crippen LogP contribution in [0.3, 0.4) is 0 Å². The van der Waals surface area contributed by atoms with Crippen molar-refractivity contribution in [3.8, 4) is 5.75 Å². The Kier molecular flexibility index (Phi) is 4.80. The molecule has 1 aromatic rings. The fourth-order valence-corrected chi connectivity index (χ4v) is 3.03. The molecule has 0 spiro atoms. The summed E-state index contributed by atoms with van der Waals surface area (Å²) >= 11 is 0. The molecule has 1 unspecified atom stereocenters. The number of rotatable bonds is 3. The second-order valence-electron chi connectivity index (χ2n) is 6.99. The SMILES string of the molecule is CC1(C)CCC(C)(c2ccc(OC(C(F)(F)F)C(F)(F)F)cc2)N1[O]. The molecule has 0 aliphatic carbocycles. The Hall–Kier alpha value is -1.48. The van der Waals surface area contributed by atoms with Crippen molar-refractivity contribution in [2.24, 2.45) is 0 Å². The van der Waals surface area contributed by atoms with Crippen LogP contribution >= 0.6 is 0 Å². The van der Waals surface area contributed by atoms with Crippen LogP contribution in [0.25, 0.3) is 0 Å². The van der Waals surface area contributed by atoms with Crippen molar-refractivity contribution in [2.45, 2.75) is 63.1 Å². The van der Waals surface area contributed by atoms with Crippen LogP contribution in [-0.2, 0) is 10.7 Å². The summed E-state index contributed by atoms with van der Waals surface area (Å²) in [5, 5.41) is 13.4. The number of hydrogen-bond acceptors (Lipinski definition) is 2. The third kappa shape index (κ3) is 3.87. The topological polar surface area (TPSA) is 32.4 Å². The van der Waals surface area contributed by atoms with Gasteiger partial charge in [-0.25, -0.2) is 0 Å². The molecule has 1 radical (unpaired) electrons. The molecule has 3 nitrogen and oxygen atoms in total. The lowest BCUT2D eigenvalue weighted by Gasteiger charge is -2.35. The molecule has 25 heavy (non-hydrogen) atoms. The molecule has 0 saturated carbocycles. The Morgan fingerprint density at radius 2 is 1.44 bits per heavy atom. The predicted molar refractivity (Wildman–Crippen MR) is 76.2 cm³/mol. The second-order valence-corrected chi connectivity index (χ2v) is 6.99. The van der Waals surface area contributed by atoms with E-state index in [9.17, 15) is 31.5 Å². The van der Waals surface area contributed by atoms with Gasteiger partial charge in [-0.05, 0) is 51.3 Å². The summed E-state index contributed by atoms with van der Waals surface area (Å²) < 4.78 is 79.3. The van der Waals surface area contributed by atoms with E-state index >= 15 is 0 Å². The fraction of sp³-hybridized carbons (Fsp3) is 0.625. The van der Waals surface area contributed by atoms with Crippen LogP contribution in [0, 0.1) is 0 Å². The fourth-order valence-electron chi connectivity index (χ4n) is 3.03. The largest absolute Gasteiger partial charge is 0.471 e. The summed E-state index contributed by atoms with van der Waals surface area (Å²) in [4.78, 5) is 0. The lowest BCUT2D eigenvalue weighted by atomic mass is 9.90. The van der Waals surface area contributed by atoms with Crippen LogP contribution in [0.2, 0.25) is 0 Å². The first-order valence-electron chi connectivity index (χ1n) is 7.56. The zero-order chi connectivity index (χ0) is 19.3. The number of alkyl halides is 6. The van der Waals surface area contributed by atoms with Crippen molar-refractivity contribution >= 4 is 0 Å². The molecule has 9 heteroatoms. The molecule has 1 heterocycles. The Bertz CT molecular complexity index is 597. The summed E-state index contributed by atoms with van der Waals surface area (Å²) in [6.07, 6.45) is -13.9. The highest BCUT2D eigenvalue weighted by Crippen LogP contribution is 2.46. The van der Waals surface area contributed by atoms with Crippen LogP contribution in [0.1, 0.15) is 39.2 Å². The molecule has 1 saturated heterocycles. The van der Waals surface area contributed by atoms with Gasteiger partial charge in [0.2, 0.25) is 0 Å². The van der Waals surface area contributed by atoms with Gasteiger partial charge >= 0.3 is 12.4 Å². The molecular weight excluding hydrogens is 352 g/mol. The molecule has 141 valence electrons. The van der Waals surface area contributed by atoms with Crippen LogP contribution in [0.15, 0.2) is 24.3 Å². The third-order valence-electron chi connectivity index (χ3n) is 4.55. The van der Waals surface area contributed by atoms with E-state index in [0.717, 1.165) is 17.2 Å². The van der Waals surface area contributed by atoms with Gasteiger partial charge in [0.15, 0.2) is 0 Å². The lowest BCUT2D eigenvalue weighted by molar-refractivity contribution is -0.299. The van der Waals surface area contributed by atoms with Crippen LogP contribution < -0.4 is 4.74 Å². The number of hydrogen-bond donors (Lipinski definition) is 0. The van der Waals surface area contributed by atoms with Gasteiger partial charge in [0, 0.05) is 5.54 Å². The molecule has 1 atom stereocenters. The molecular formula is C16H18F6NO2. The van der Waals surface area contributed by atoms with Gasteiger partial charge in [-0.3, -0.25) is 0 Å². The van der Waals surface area contributed by atoms with Crippen molar-refractivity contribution in [1.29, 1.82) is 0 Å². The summed E-state index contributed by atoms with van der Waals surface area (Å²) in [7, 11) is 0. The van der Waals surface area contributed by atoms with Crippen LogP contribution in [0.4, 0.5) is 26.3 Å². The highest BCUT2D eigenvalue weighted by molar-refractivity contribution is 5.33. The Morgan fingerprint density at radius 3 is 1.80 bits per heavy atom. The zero-order valence-corrected chi connectivity index (χ0v) is 13.8. The van der Waals surface area contributed by atoms with E-state index in [2.05, 4.69) is 4.74 Å². The smallest absolute Gasteiger partial charge is 0.434 e. The Morgan fingerprint density at radius 1 is 0.960 bits per heavy atom. The number of benzene rings is 1. The van der Waals surface area contributed by atoms with Gasteiger partial charge in [0.1, 0.15) is 5.75 Å². The van der Waals surface area contributed by atoms with E-state index in [1.54, 1.807) is 20.8 Å². The minimum absolute atomic E-state index is 0.510. The van der Waals surface area contributed by atoms with Gasteiger partial charge < -0.3 is 4.74 Å². The van der Waals surface area contributed by atoms with E-state index in [-0.39, 0.29) is 0 Å². The van der Waals surface area contributed by atoms with Gasteiger partial charge in [-0.1, -0.05) is 12.1 Å². The van der Waals surface area contributed by atoms with Crippen molar-refractivity contribution in [1.82, 2.24) is 5.06 Å². The third-order valence-corrected chi connectivity index (χ3v) is 4.55. The first-order chi connectivity index (χ1) is 11.2. The molecule has 2 rings (SSSR count). The van der Waals surface area contributed by atoms with Crippen LogP contribution in [-0.4, -0.2) is 29.1 Å². The van der Waals surface area contributed by atoms with E-state index in [1.165, 1.54) is 12.1 Å². The minimum Gasteiger partial charge on any atom is -0.471 e. The lowest BCUT2D eigenvalue weighted by Crippen LogP contribution is -2.46. The second kappa shape index (κ2) is 6.05. The average molecular weight is 370 g/mol. The highest BCUT2D eigenvalue weighted by Gasteiger charge is 2.59. The maximum absolute atomic E-state index is 12.5. The summed E-state index contributed by atoms with van der Waals surface area (Å²) in [5.74, 6) is -0.568. The zero-order valence-electron chi connectivity index (χ0n) is 13.8. The number of halogens is 6. The van der Waals surface area contributed by atoms with E-state index in [0.29, 0.717) is 18.4 Å². The van der Waals surface area contributed by atoms with E-state index in [1.807, 2.05) is 0 Å². The standard InChI is InChI=1S/C16H18F6NO2/c1-13(2)8-9-14(3,23(13)24)10-4-6-11(7-5-10)25-12(15(17,18)19)16(20,21)22/h4-7,12H,8-9H2,1-3H3. The Labute approximate surface area is 141 Å². The van der Waals surface area contributed by atoms with Gasteiger partial charge in [0.25, 0.3) is 6.10 Å². The number of ether oxygens (including phenoxy) is 1. The summed E-state index contributed by atoms with van der Waals surface area (Å²) in [6.45, 7) is 5.25. The molecule has 1 aromatic carbocycles. The normalized spacial score (nSPS) is 24.8. The van der Waals surface area contributed by atoms with E-state index < -0.39 is 35.3 Å². The quantitative estimate of drug-likeness (QED) is 0.702. The van der Waals surface area contributed by atoms with Crippen molar-refractivity contribution in [3.63, 3.8) is 0 Å². The summed E-state index contributed by atoms with van der Waals surface area (Å²) in [5.41, 5.74) is -0.979. The summed E-state index contributed by atoms with van der Waals surface area (Å²) in [6, 6.07) is 4.69. The molecule has 1 fully saturated rings. The minimum atomic E-state index is -5.58. The molecule has 0 aromatic heterocycles. The predicted octanol–water partition coefficient (Wildman–Crippen LogP) is 4.99. The molecule has 1 aliphatic rings. The van der Waals surface area contributed by atoms with Gasteiger partial charge in [0.05, 0.1) is 5.54 Å². The maximum Gasteiger partial charge on any atom is 0.434 e. The number of hydroxylamine groups is 2. The van der Waals surface area contributed by atoms with Gasteiger partial charge in [-0.15, -0.1) is 10.3 Å². The first-order valence-corrected chi connectivity index (χ1v) is 7.56. The highest BCUT2D eigenvalue weighted by atomic mass is 19.4. The molecule has 0 amide bonds. The van der Waals surface area contributed by atoms with Crippen molar-refractivity contribution in [2.75, 3.05) is 0 Å².